The molecule has 0 aromatic heterocycles. The number of benzene rings is 1. The quantitative estimate of drug-likeness (QED) is 0.680. The van der Waals surface area contributed by atoms with Crippen LogP contribution in [-0.4, -0.2) is 5.78 Å². The summed E-state index contributed by atoms with van der Waals surface area (Å²) in [5.74, 6) is 1.06. The van der Waals surface area contributed by atoms with Crippen molar-refractivity contribution in [2.45, 2.75) is 51.9 Å². The predicted octanol–water partition coefficient (Wildman–Crippen LogP) is 5.06. The first-order valence-electron chi connectivity index (χ1n) is 7.02. The van der Waals surface area contributed by atoms with Gasteiger partial charge in [-0.3, -0.25) is 4.79 Å². The first-order chi connectivity index (χ1) is 8.70. The number of Topliss-reactive ketones (excluding diaryl/α,β-unsaturated/α-hetero) is 1. The minimum Gasteiger partial charge on any atom is -0.294 e. The van der Waals surface area contributed by atoms with E-state index in [9.17, 15) is 4.79 Å². The lowest BCUT2D eigenvalue weighted by molar-refractivity contribution is 0.0974. The zero-order chi connectivity index (χ0) is 13.0. The summed E-state index contributed by atoms with van der Waals surface area (Å²) in [4.78, 5) is 12.1. The van der Waals surface area contributed by atoms with E-state index in [1.807, 2.05) is 18.2 Å². The molecule has 0 amide bonds. The van der Waals surface area contributed by atoms with Crippen molar-refractivity contribution in [1.29, 1.82) is 0 Å². The number of ketones is 1. The van der Waals surface area contributed by atoms with Gasteiger partial charge < -0.3 is 0 Å². The van der Waals surface area contributed by atoms with Crippen LogP contribution in [0.5, 0.6) is 0 Å². The molecule has 0 unspecified atom stereocenters. The van der Waals surface area contributed by atoms with Gasteiger partial charge in [-0.2, -0.15) is 0 Å². The number of hydrogen-bond donors (Lipinski definition) is 0. The second kappa shape index (κ2) is 6.38. The molecule has 1 nitrogen and oxygen atoms in total. The Labute approximate surface area is 115 Å². The Morgan fingerprint density at radius 1 is 1.33 bits per heavy atom. The van der Waals surface area contributed by atoms with E-state index in [2.05, 4.69) is 6.92 Å². The van der Waals surface area contributed by atoms with Gasteiger partial charge in [0.2, 0.25) is 0 Å². The summed E-state index contributed by atoms with van der Waals surface area (Å²) < 4.78 is 0. The highest BCUT2D eigenvalue weighted by Gasteiger charge is 2.17. The minimum absolute atomic E-state index is 0.272. The Kier molecular flexibility index (Phi) is 4.82. The third-order valence-corrected chi connectivity index (χ3v) is 4.37. The molecule has 2 rings (SSSR count). The van der Waals surface area contributed by atoms with E-state index in [1.165, 1.54) is 25.7 Å². The summed E-state index contributed by atoms with van der Waals surface area (Å²) in [6.45, 7) is 2.06. The van der Waals surface area contributed by atoms with Crippen LogP contribution in [0.3, 0.4) is 0 Å². The van der Waals surface area contributed by atoms with Gasteiger partial charge in [-0.25, -0.2) is 0 Å². The van der Waals surface area contributed by atoms with Crippen LogP contribution >= 0.6 is 11.6 Å². The standard InChI is InChI=1S/C16H21ClO/c1-2-13-11-14(8-9-15(13)17)16(18)10-7-12-5-3-4-6-12/h8-9,11-12H,2-7,10H2,1H3. The first kappa shape index (κ1) is 13.6. The maximum absolute atomic E-state index is 12.1. The van der Waals surface area contributed by atoms with E-state index >= 15 is 0 Å². The fourth-order valence-electron chi connectivity index (χ4n) is 2.80. The third kappa shape index (κ3) is 3.35. The second-order valence-electron chi connectivity index (χ2n) is 5.27. The maximum atomic E-state index is 12.1. The van der Waals surface area contributed by atoms with Gasteiger partial charge in [0.15, 0.2) is 5.78 Å². The van der Waals surface area contributed by atoms with E-state index < -0.39 is 0 Å². The highest BCUT2D eigenvalue weighted by atomic mass is 35.5. The monoisotopic (exact) mass is 264 g/mol. The average molecular weight is 265 g/mol. The normalized spacial score (nSPS) is 16.1. The molecule has 0 aliphatic heterocycles. The van der Waals surface area contributed by atoms with Crippen LogP contribution in [0.15, 0.2) is 18.2 Å². The number of hydrogen-bond acceptors (Lipinski definition) is 1. The number of halogens is 1. The van der Waals surface area contributed by atoms with Crippen LogP contribution in [0.2, 0.25) is 5.02 Å². The summed E-state index contributed by atoms with van der Waals surface area (Å²) >= 11 is 6.07. The van der Waals surface area contributed by atoms with Crippen molar-refractivity contribution < 1.29 is 4.79 Å². The molecule has 1 aromatic rings. The number of rotatable bonds is 5. The maximum Gasteiger partial charge on any atom is 0.162 e. The Bertz CT molecular complexity index is 419. The lowest BCUT2D eigenvalue weighted by Gasteiger charge is -2.09. The molecule has 1 aliphatic rings. The molecule has 0 radical (unpaired) electrons. The summed E-state index contributed by atoms with van der Waals surface area (Å²) in [5, 5.41) is 0.768. The van der Waals surface area contributed by atoms with Gasteiger partial charge in [-0.05, 0) is 42.5 Å². The lowest BCUT2D eigenvalue weighted by atomic mass is 9.96. The molecule has 1 saturated carbocycles. The third-order valence-electron chi connectivity index (χ3n) is 4.00. The molecule has 1 aliphatic carbocycles. The molecule has 18 heavy (non-hydrogen) atoms. The first-order valence-corrected chi connectivity index (χ1v) is 7.40. The fourth-order valence-corrected chi connectivity index (χ4v) is 3.05. The van der Waals surface area contributed by atoms with Crippen LogP contribution < -0.4 is 0 Å². The molecule has 2 heteroatoms. The van der Waals surface area contributed by atoms with Crippen molar-refractivity contribution in [2.75, 3.05) is 0 Å². The number of carbonyl (C=O) groups is 1. The van der Waals surface area contributed by atoms with E-state index in [-0.39, 0.29) is 5.78 Å². The summed E-state index contributed by atoms with van der Waals surface area (Å²) in [7, 11) is 0. The van der Waals surface area contributed by atoms with Crippen LogP contribution in [0.25, 0.3) is 0 Å². The molecule has 0 atom stereocenters. The molecule has 0 N–H and O–H groups in total. The molecule has 1 aromatic carbocycles. The second-order valence-corrected chi connectivity index (χ2v) is 5.68. The topological polar surface area (TPSA) is 17.1 Å². The van der Waals surface area contributed by atoms with Crippen molar-refractivity contribution >= 4 is 17.4 Å². The molecular weight excluding hydrogens is 244 g/mol. The van der Waals surface area contributed by atoms with Gasteiger partial charge in [0.1, 0.15) is 0 Å². The van der Waals surface area contributed by atoms with Gasteiger partial charge in [0.05, 0.1) is 0 Å². The average Bonchev–Trinajstić information content (AvgIpc) is 2.89. The zero-order valence-electron chi connectivity index (χ0n) is 11.0. The number of carbonyl (C=O) groups excluding carboxylic acids is 1. The van der Waals surface area contributed by atoms with Crippen molar-refractivity contribution in [1.82, 2.24) is 0 Å². The van der Waals surface area contributed by atoms with Crippen LogP contribution in [-0.2, 0) is 6.42 Å². The Hall–Kier alpha value is -0.820. The van der Waals surface area contributed by atoms with E-state index in [0.29, 0.717) is 6.42 Å². The largest absolute Gasteiger partial charge is 0.294 e. The summed E-state index contributed by atoms with van der Waals surface area (Å²) in [5.41, 5.74) is 1.90. The fraction of sp³-hybridized carbons (Fsp3) is 0.562. The highest BCUT2D eigenvalue weighted by molar-refractivity contribution is 6.31. The predicted molar refractivity (Wildman–Crippen MR) is 76.4 cm³/mol. The summed E-state index contributed by atoms with van der Waals surface area (Å²) in [6, 6.07) is 5.67. The highest BCUT2D eigenvalue weighted by Crippen LogP contribution is 2.29. The Morgan fingerprint density at radius 3 is 2.72 bits per heavy atom. The van der Waals surface area contributed by atoms with Crippen molar-refractivity contribution in [2.24, 2.45) is 5.92 Å². The minimum atomic E-state index is 0.272. The molecule has 0 heterocycles. The number of aryl methyl sites for hydroxylation is 1. The van der Waals surface area contributed by atoms with Crippen LogP contribution in [0.4, 0.5) is 0 Å². The Morgan fingerprint density at radius 2 is 2.06 bits per heavy atom. The van der Waals surface area contributed by atoms with Gasteiger partial charge in [0, 0.05) is 17.0 Å². The van der Waals surface area contributed by atoms with Crippen molar-refractivity contribution in [3.05, 3.63) is 34.3 Å². The van der Waals surface area contributed by atoms with Gasteiger partial charge in [-0.15, -0.1) is 0 Å². The zero-order valence-corrected chi connectivity index (χ0v) is 11.8. The molecule has 1 fully saturated rings. The van der Waals surface area contributed by atoms with Crippen LogP contribution in [0, 0.1) is 5.92 Å². The van der Waals surface area contributed by atoms with Crippen molar-refractivity contribution in [3.63, 3.8) is 0 Å². The SMILES string of the molecule is CCc1cc(C(=O)CCC2CCCC2)ccc1Cl. The van der Waals surface area contributed by atoms with Gasteiger partial charge >= 0.3 is 0 Å². The molecular formula is C16H21ClO. The molecule has 0 bridgehead atoms. The van der Waals surface area contributed by atoms with E-state index in [1.54, 1.807) is 0 Å². The molecule has 0 saturated heterocycles. The molecule has 98 valence electrons. The van der Waals surface area contributed by atoms with E-state index in [4.69, 9.17) is 11.6 Å². The van der Waals surface area contributed by atoms with Crippen LogP contribution in [0.1, 0.15) is 61.4 Å². The molecule has 0 spiro atoms. The smallest absolute Gasteiger partial charge is 0.162 e. The van der Waals surface area contributed by atoms with Crippen molar-refractivity contribution in [3.8, 4) is 0 Å². The van der Waals surface area contributed by atoms with Gasteiger partial charge in [0.25, 0.3) is 0 Å². The van der Waals surface area contributed by atoms with E-state index in [0.717, 1.165) is 34.9 Å². The summed E-state index contributed by atoms with van der Waals surface area (Å²) in [6.07, 6.45) is 7.95. The lowest BCUT2D eigenvalue weighted by Crippen LogP contribution is -2.03. The Balaban J connectivity index is 1.95. The van der Waals surface area contributed by atoms with Gasteiger partial charge in [-0.1, -0.05) is 44.2 Å².